The lowest BCUT2D eigenvalue weighted by Crippen LogP contribution is -2.25. The Kier molecular flexibility index (Phi) is 3.51. The predicted octanol–water partition coefficient (Wildman–Crippen LogP) is 3.11. The number of nitrogens with one attached hydrogen (secondary N) is 1. The number of nitrogens with zero attached hydrogens (tertiary/aromatic N) is 1. The summed E-state index contributed by atoms with van der Waals surface area (Å²) >= 11 is 0. The molecule has 2 rings (SSSR count). The third-order valence-electron chi connectivity index (χ3n) is 2.45. The summed E-state index contributed by atoms with van der Waals surface area (Å²) in [5.74, 6) is 0.0667. The largest absolute Gasteiger partial charge is 0.586 e. The molecule has 1 aliphatic heterocycles. The molecule has 4 nitrogen and oxygen atoms in total. The second-order valence-electron chi connectivity index (χ2n) is 3.87. The van der Waals surface area contributed by atoms with E-state index >= 15 is 0 Å². The predicted molar refractivity (Wildman–Crippen MR) is 60.6 cm³/mol. The van der Waals surface area contributed by atoms with Crippen LogP contribution in [0.1, 0.15) is 19.3 Å². The van der Waals surface area contributed by atoms with Crippen LogP contribution in [0.5, 0.6) is 11.5 Å². The van der Waals surface area contributed by atoms with E-state index in [2.05, 4.69) is 20.9 Å². The molecule has 0 aromatic heterocycles. The third-order valence-corrected chi connectivity index (χ3v) is 2.45. The van der Waals surface area contributed by atoms with Gasteiger partial charge in [0.05, 0.1) is 6.07 Å². The minimum atomic E-state index is -3.58. The number of hydrogen-bond acceptors (Lipinski definition) is 4. The fraction of sp³-hybridized carbons (Fsp3) is 0.417. The number of rotatable bonds is 5. The number of hydrogen-bond donors (Lipinski definition) is 1. The maximum absolute atomic E-state index is 12.8. The molecule has 0 fully saturated rings. The first-order chi connectivity index (χ1) is 8.61. The van der Waals surface area contributed by atoms with Crippen LogP contribution in [0.3, 0.4) is 0 Å². The zero-order valence-corrected chi connectivity index (χ0v) is 9.58. The molecule has 0 saturated heterocycles. The van der Waals surface area contributed by atoms with Crippen molar-refractivity contribution in [1.82, 2.24) is 0 Å². The normalized spacial score (nSPS) is 15.2. The molecule has 1 N–H and O–H groups in total. The number of fused-ring (bicyclic) bond motifs is 1. The smallest absolute Gasteiger partial charge is 0.395 e. The summed E-state index contributed by atoms with van der Waals surface area (Å²) < 4.78 is 34.2. The van der Waals surface area contributed by atoms with E-state index in [1.165, 1.54) is 12.1 Å². The lowest BCUT2D eigenvalue weighted by Gasteiger charge is -2.06. The van der Waals surface area contributed by atoms with Gasteiger partial charge in [-0.1, -0.05) is 0 Å². The van der Waals surface area contributed by atoms with Crippen LogP contribution in [0.4, 0.5) is 14.5 Å². The van der Waals surface area contributed by atoms with Gasteiger partial charge < -0.3 is 14.8 Å². The number of unbranched alkanes of at least 4 members (excludes halogenated alkanes) is 2. The number of halogens is 2. The van der Waals surface area contributed by atoms with E-state index in [1.54, 1.807) is 6.07 Å². The molecule has 0 bridgehead atoms. The maximum Gasteiger partial charge on any atom is 0.586 e. The monoisotopic (exact) mass is 254 g/mol. The van der Waals surface area contributed by atoms with E-state index in [1.807, 2.05) is 0 Å². The summed E-state index contributed by atoms with van der Waals surface area (Å²) in [6.45, 7) is 0.678. The topological polar surface area (TPSA) is 54.3 Å². The highest BCUT2D eigenvalue weighted by Gasteiger charge is 2.43. The Bertz CT molecular complexity index is 472. The van der Waals surface area contributed by atoms with Gasteiger partial charge in [0.25, 0.3) is 0 Å². The van der Waals surface area contributed by atoms with Crippen molar-refractivity contribution in [3.8, 4) is 17.6 Å². The average molecular weight is 254 g/mol. The summed E-state index contributed by atoms with van der Waals surface area (Å²) in [4.78, 5) is 0. The molecule has 96 valence electrons. The highest BCUT2D eigenvalue weighted by atomic mass is 19.3. The van der Waals surface area contributed by atoms with Crippen LogP contribution in [-0.4, -0.2) is 12.8 Å². The molecular weight excluding hydrogens is 242 g/mol. The van der Waals surface area contributed by atoms with E-state index < -0.39 is 6.29 Å². The van der Waals surface area contributed by atoms with Crippen LogP contribution in [0, 0.1) is 11.3 Å². The molecular formula is C12H12F2N2O2. The van der Waals surface area contributed by atoms with Crippen LogP contribution < -0.4 is 14.8 Å². The van der Waals surface area contributed by atoms with E-state index in [0.717, 1.165) is 12.8 Å². The zero-order chi connectivity index (χ0) is 13.0. The van der Waals surface area contributed by atoms with Gasteiger partial charge in [0.15, 0.2) is 11.5 Å². The summed E-state index contributed by atoms with van der Waals surface area (Å²) in [7, 11) is 0. The van der Waals surface area contributed by atoms with E-state index in [9.17, 15) is 8.78 Å². The lowest BCUT2D eigenvalue weighted by atomic mass is 10.2. The maximum atomic E-state index is 12.8. The summed E-state index contributed by atoms with van der Waals surface area (Å²) in [6.07, 6.45) is -1.40. The quantitative estimate of drug-likeness (QED) is 0.820. The minimum Gasteiger partial charge on any atom is -0.395 e. The summed E-state index contributed by atoms with van der Waals surface area (Å²) in [6, 6.07) is 6.62. The average Bonchev–Trinajstić information content (AvgIpc) is 2.62. The van der Waals surface area contributed by atoms with E-state index in [-0.39, 0.29) is 11.5 Å². The minimum absolute atomic E-state index is 0.0297. The van der Waals surface area contributed by atoms with Crippen molar-refractivity contribution in [2.24, 2.45) is 0 Å². The Balaban J connectivity index is 1.87. The van der Waals surface area contributed by atoms with Crippen LogP contribution in [-0.2, 0) is 0 Å². The fourth-order valence-corrected chi connectivity index (χ4v) is 1.62. The zero-order valence-electron chi connectivity index (χ0n) is 9.58. The van der Waals surface area contributed by atoms with Crippen LogP contribution in [0.25, 0.3) is 0 Å². The molecule has 1 aromatic carbocycles. The lowest BCUT2D eigenvalue weighted by molar-refractivity contribution is -0.286. The van der Waals surface area contributed by atoms with Crippen LogP contribution >= 0.6 is 0 Å². The molecule has 0 saturated carbocycles. The molecule has 1 aliphatic rings. The molecule has 0 spiro atoms. The Hall–Kier alpha value is -2.03. The van der Waals surface area contributed by atoms with Crippen molar-refractivity contribution in [2.75, 3.05) is 11.9 Å². The van der Waals surface area contributed by atoms with Crippen molar-refractivity contribution in [3.05, 3.63) is 18.2 Å². The van der Waals surface area contributed by atoms with Gasteiger partial charge in [-0.3, -0.25) is 0 Å². The fourth-order valence-electron chi connectivity index (χ4n) is 1.62. The molecule has 6 heteroatoms. The number of anilines is 1. The summed E-state index contributed by atoms with van der Waals surface area (Å²) in [5.41, 5.74) is 0.687. The van der Waals surface area contributed by atoms with Gasteiger partial charge in [-0.05, 0) is 25.0 Å². The number of benzene rings is 1. The molecule has 0 atom stereocenters. The van der Waals surface area contributed by atoms with E-state index in [4.69, 9.17) is 5.26 Å². The van der Waals surface area contributed by atoms with Gasteiger partial charge in [0.2, 0.25) is 0 Å². The van der Waals surface area contributed by atoms with Gasteiger partial charge in [-0.25, -0.2) is 0 Å². The van der Waals surface area contributed by atoms with Crippen molar-refractivity contribution in [3.63, 3.8) is 0 Å². The van der Waals surface area contributed by atoms with Gasteiger partial charge in [0.1, 0.15) is 0 Å². The Morgan fingerprint density at radius 1 is 1.22 bits per heavy atom. The third kappa shape index (κ3) is 3.00. The van der Waals surface area contributed by atoms with Gasteiger partial charge >= 0.3 is 6.29 Å². The van der Waals surface area contributed by atoms with Crippen molar-refractivity contribution >= 4 is 5.69 Å². The van der Waals surface area contributed by atoms with Crippen molar-refractivity contribution < 1.29 is 18.3 Å². The van der Waals surface area contributed by atoms with Gasteiger partial charge in [-0.2, -0.15) is 5.26 Å². The van der Waals surface area contributed by atoms with Gasteiger partial charge in [-0.15, -0.1) is 8.78 Å². The molecule has 0 amide bonds. The van der Waals surface area contributed by atoms with E-state index in [0.29, 0.717) is 18.7 Å². The van der Waals surface area contributed by atoms with Crippen LogP contribution in [0.15, 0.2) is 18.2 Å². The molecule has 18 heavy (non-hydrogen) atoms. The highest BCUT2D eigenvalue weighted by Crippen LogP contribution is 2.42. The molecule has 0 radical (unpaired) electrons. The first-order valence-corrected chi connectivity index (χ1v) is 5.61. The Morgan fingerprint density at radius 3 is 2.78 bits per heavy atom. The first-order valence-electron chi connectivity index (χ1n) is 5.61. The second kappa shape index (κ2) is 5.08. The second-order valence-corrected chi connectivity index (χ2v) is 3.87. The molecule has 1 aromatic rings. The summed E-state index contributed by atoms with van der Waals surface area (Å²) in [5, 5.41) is 11.4. The first kappa shape index (κ1) is 12.4. The number of alkyl halides is 2. The Labute approximate surface area is 103 Å². The number of nitriles is 1. The molecule has 1 heterocycles. The van der Waals surface area contributed by atoms with Gasteiger partial charge in [0, 0.05) is 24.7 Å². The highest BCUT2D eigenvalue weighted by molar-refractivity contribution is 5.55. The Morgan fingerprint density at radius 2 is 2.00 bits per heavy atom. The van der Waals surface area contributed by atoms with Crippen molar-refractivity contribution in [2.45, 2.75) is 25.6 Å². The van der Waals surface area contributed by atoms with Crippen molar-refractivity contribution in [1.29, 1.82) is 5.26 Å². The molecule has 0 aliphatic carbocycles. The number of ether oxygens (including phenoxy) is 2. The van der Waals surface area contributed by atoms with Crippen LogP contribution in [0.2, 0.25) is 0 Å². The SMILES string of the molecule is N#CCCCCNc1ccc2c(c1)OC(F)(F)O2. The standard InChI is InChI=1S/C12H12F2N2O2/c13-12(14)17-10-5-4-9(8-11(10)18-12)16-7-3-1-2-6-15/h4-5,8,16H,1-3,7H2. The molecule has 0 unspecified atom stereocenters.